The molecule has 0 amide bonds. The van der Waals surface area contributed by atoms with Crippen LogP contribution in [0.2, 0.25) is 0 Å². The Kier molecular flexibility index (Phi) is 10.1. The van der Waals surface area contributed by atoms with Crippen molar-refractivity contribution in [2.24, 2.45) is 0 Å². The van der Waals surface area contributed by atoms with Crippen LogP contribution in [0.15, 0.2) is 67.0 Å². The molecule has 5 rings (SSSR count). The average Bonchev–Trinajstić information content (AvgIpc) is 2.97. The van der Waals surface area contributed by atoms with E-state index in [1.807, 2.05) is 54.6 Å². The molecule has 0 bridgehead atoms. The Morgan fingerprint density at radius 1 is 0.930 bits per heavy atom. The predicted molar refractivity (Wildman–Crippen MR) is 136 cm³/mol. The van der Waals surface area contributed by atoms with Gasteiger partial charge in [0.25, 0.3) is 0 Å². The summed E-state index contributed by atoms with van der Waals surface area (Å²) in [6.07, 6.45) is -7.11. The number of carboxylic acids is 2. The number of rotatable bonds is 4. The van der Waals surface area contributed by atoms with Gasteiger partial charge in [-0.15, -0.1) is 0 Å². The van der Waals surface area contributed by atoms with Crippen LogP contribution in [0.1, 0.15) is 11.9 Å². The van der Waals surface area contributed by atoms with Crippen molar-refractivity contribution in [3.63, 3.8) is 0 Å². The van der Waals surface area contributed by atoms with Crippen LogP contribution in [0.3, 0.4) is 0 Å². The lowest BCUT2D eigenvalue weighted by molar-refractivity contribution is -0.193. The number of pyridine rings is 1. The third-order valence-corrected chi connectivity index (χ3v) is 5.13. The van der Waals surface area contributed by atoms with Gasteiger partial charge in [0, 0.05) is 11.6 Å². The molecule has 1 aliphatic rings. The van der Waals surface area contributed by atoms with Gasteiger partial charge in [-0.25, -0.2) is 19.6 Å². The second kappa shape index (κ2) is 13.5. The van der Waals surface area contributed by atoms with Crippen LogP contribution < -0.4 is 19.5 Å². The minimum atomic E-state index is -5.08. The number of nitrogens with one attached hydrogen (secondary N) is 1. The van der Waals surface area contributed by atoms with Gasteiger partial charge in [0.1, 0.15) is 18.2 Å². The molecule has 3 heterocycles. The van der Waals surface area contributed by atoms with Gasteiger partial charge in [-0.05, 0) is 42.5 Å². The molecule has 0 fully saturated rings. The van der Waals surface area contributed by atoms with Crippen LogP contribution in [-0.4, -0.2) is 63.2 Å². The molecule has 1 unspecified atom stereocenters. The highest BCUT2D eigenvalue weighted by molar-refractivity contribution is 5.91. The molecule has 3 N–H and O–H groups in total. The van der Waals surface area contributed by atoms with E-state index in [1.54, 1.807) is 19.5 Å². The second-order valence-electron chi connectivity index (χ2n) is 8.15. The quantitative estimate of drug-likeness (QED) is 0.248. The Hall–Kier alpha value is -5.35. The van der Waals surface area contributed by atoms with Crippen molar-refractivity contribution < 1.29 is 60.4 Å². The molecular formula is C26H20F6N4O7. The maximum atomic E-state index is 10.6. The Balaban J connectivity index is 0.000000303. The average molecular weight is 614 g/mol. The molecule has 0 aliphatic carbocycles. The summed E-state index contributed by atoms with van der Waals surface area (Å²) in [5, 5.41) is 18.4. The van der Waals surface area contributed by atoms with Crippen LogP contribution in [0, 0.1) is 0 Å². The third-order valence-electron chi connectivity index (χ3n) is 5.13. The normalized spacial score (nSPS) is 13.9. The minimum absolute atomic E-state index is 0.338. The summed E-state index contributed by atoms with van der Waals surface area (Å²) in [4.78, 5) is 31.4. The fraction of sp³-hybridized carbons (Fsp3) is 0.192. The summed E-state index contributed by atoms with van der Waals surface area (Å²) >= 11 is 0. The van der Waals surface area contributed by atoms with E-state index in [0.29, 0.717) is 24.0 Å². The molecule has 11 nitrogen and oxygen atoms in total. The zero-order valence-electron chi connectivity index (χ0n) is 21.7. The molecule has 0 spiro atoms. The molecule has 17 heteroatoms. The zero-order valence-corrected chi connectivity index (χ0v) is 21.7. The van der Waals surface area contributed by atoms with Crippen molar-refractivity contribution in [2.75, 3.05) is 19.0 Å². The summed E-state index contributed by atoms with van der Waals surface area (Å²) in [7, 11) is 1.63. The Labute approximate surface area is 237 Å². The summed E-state index contributed by atoms with van der Waals surface area (Å²) < 4.78 is 80.8. The molecule has 0 saturated carbocycles. The lowest BCUT2D eigenvalue weighted by atomic mass is 10.2. The Morgan fingerprint density at radius 2 is 1.56 bits per heavy atom. The molecule has 0 radical (unpaired) electrons. The van der Waals surface area contributed by atoms with Gasteiger partial charge in [-0.3, -0.25) is 4.98 Å². The van der Waals surface area contributed by atoms with Crippen molar-refractivity contribution in [3.8, 4) is 17.2 Å². The number of nitrogens with zero attached hydrogens (tertiary/aromatic N) is 3. The smallest absolute Gasteiger partial charge is 0.490 e. The number of methoxy groups -OCH3 is 1. The summed E-state index contributed by atoms with van der Waals surface area (Å²) in [6.45, 7) is 0.338. The number of ether oxygens (including phenoxy) is 3. The molecule has 43 heavy (non-hydrogen) atoms. The minimum Gasteiger partial charge on any atom is -0.497 e. The first-order chi connectivity index (χ1) is 20.2. The zero-order chi connectivity index (χ0) is 31.8. The summed E-state index contributed by atoms with van der Waals surface area (Å²) in [5.74, 6) is -2.18. The Morgan fingerprint density at radius 3 is 2.12 bits per heavy atom. The number of carboxylic acid groups (broad SMARTS) is 2. The van der Waals surface area contributed by atoms with Gasteiger partial charge < -0.3 is 29.7 Å². The van der Waals surface area contributed by atoms with E-state index in [9.17, 15) is 26.3 Å². The lowest BCUT2D eigenvalue weighted by Crippen LogP contribution is -2.23. The van der Waals surface area contributed by atoms with Crippen LogP contribution in [-0.2, 0) is 9.59 Å². The number of anilines is 2. The first-order valence-electron chi connectivity index (χ1n) is 11.7. The first kappa shape index (κ1) is 32.2. The van der Waals surface area contributed by atoms with E-state index in [1.165, 1.54) is 0 Å². The number of aromatic nitrogens is 3. The summed E-state index contributed by atoms with van der Waals surface area (Å²) in [5.41, 5.74) is 1.61. The number of hydrogen-bond acceptors (Lipinski definition) is 9. The number of benzene rings is 2. The van der Waals surface area contributed by atoms with Crippen molar-refractivity contribution in [2.45, 2.75) is 18.5 Å². The monoisotopic (exact) mass is 614 g/mol. The maximum absolute atomic E-state index is 10.6. The number of para-hydroxylation sites is 2. The van der Waals surface area contributed by atoms with E-state index in [4.69, 9.17) is 44.0 Å². The highest BCUT2D eigenvalue weighted by Gasteiger charge is 2.38. The Bertz CT molecular complexity index is 1550. The number of halogens is 6. The number of carbonyl (C=O) groups is 2. The molecule has 0 saturated heterocycles. The van der Waals surface area contributed by atoms with Crippen LogP contribution in [0.4, 0.5) is 37.8 Å². The lowest BCUT2D eigenvalue weighted by Gasteiger charge is -2.26. The second-order valence-corrected chi connectivity index (χ2v) is 8.15. The molecule has 4 aromatic rings. The van der Waals surface area contributed by atoms with E-state index in [2.05, 4.69) is 10.3 Å². The molecule has 2 aromatic carbocycles. The van der Waals surface area contributed by atoms with Gasteiger partial charge in [-0.2, -0.15) is 26.3 Å². The number of alkyl halides is 6. The van der Waals surface area contributed by atoms with Gasteiger partial charge in [0.05, 0.1) is 24.5 Å². The number of hydrogen-bond donors (Lipinski definition) is 3. The van der Waals surface area contributed by atoms with Crippen molar-refractivity contribution >= 4 is 34.3 Å². The predicted octanol–water partition coefficient (Wildman–Crippen LogP) is 5.56. The highest BCUT2D eigenvalue weighted by Crippen LogP contribution is 2.36. The number of aliphatic carboxylic acids is 2. The van der Waals surface area contributed by atoms with Crippen molar-refractivity contribution in [1.29, 1.82) is 0 Å². The molecule has 1 atom stereocenters. The van der Waals surface area contributed by atoms with E-state index in [-0.39, 0.29) is 0 Å². The molecular weight excluding hydrogens is 594 g/mol. The standard InChI is InChI=1S/C22H18N4O3.2C2HF3O2/c1-27-15-8-9-17-16(11-15)21(24-14-5-4-10-23-12-14)26-22(25-17)20-13-28-18-6-2-3-7-19(18)29-20;2*3-2(4,5)1(6)7/h2-12,20H,13H2,1H3,(H,24,25,26);2*(H,6,7). The van der Waals surface area contributed by atoms with Gasteiger partial charge in [0.15, 0.2) is 23.4 Å². The maximum Gasteiger partial charge on any atom is 0.490 e. The largest absolute Gasteiger partial charge is 0.497 e. The highest BCUT2D eigenvalue weighted by atomic mass is 19.4. The van der Waals surface area contributed by atoms with Crippen molar-refractivity contribution in [3.05, 3.63) is 72.8 Å². The van der Waals surface area contributed by atoms with Crippen LogP contribution in [0.5, 0.6) is 17.2 Å². The van der Waals surface area contributed by atoms with E-state index < -0.39 is 30.4 Å². The van der Waals surface area contributed by atoms with Crippen LogP contribution in [0.25, 0.3) is 10.9 Å². The third kappa shape index (κ3) is 9.07. The molecule has 1 aliphatic heterocycles. The van der Waals surface area contributed by atoms with Gasteiger partial charge >= 0.3 is 24.3 Å². The SMILES string of the molecule is COc1ccc2nc(C3COc4ccccc4O3)nc(Nc3cccnc3)c2c1.O=C(O)C(F)(F)F.O=C(O)C(F)(F)F. The van der Waals surface area contributed by atoms with Crippen LogP contribution >= 0.6 is 0 Å². The van der Waals surface area contributed by atoms with Gasteiger partial charge in [-0.1, -0.05) is 12.1 Å². The fourth-order valence-electron chi connectivity index (χ4n) is 3.21. The fourth-order valence-corrected chi connectivity index (χ4v) is 3.21. The molecule has 228 valence electrons. The van der Waals surface area contributed by atoms with E-state index >= 15 is 0 Å². The van der Waals surface area contributed by atoms with Gasteiger partial charge in [0.2, 0.25) is 0 Å². The van der Waals surface area contributed by atoms with E-state index in [0.717, 1.165) is 28.1 Å². The number of fused-ring (bicyclic) bond motifs is 2. The first-order valence-corrected chi connectivity index (χ1v) is 11.7. The topological polar surface area (TPSA) is 153 Å². The van der Waals surface area contributed by atoms with Crippen molar-refractivity contribution in [1.82, 2.24) is 15.0 Å². The molecule has 2 aromatic heterocycles. The summed E-state index contributed by atoms with van der Waals surface area (Å²) in [6, 6.07) is 17.1.